The molecule has 0 fully saturated rings. The summed E-state index contributed by atoms with van der Waals surface area (Å²) in [6.45, 7) is 0. The van der Waals surface area contributed by atoms with E-state index in [1.807, 2.05) is 43.3 Å². The van der Waals surface area contributed by atoms with E-state index in [9.17, 15) is 18.0 Å². The smallest absolute Gasteiger partial charge is 0.378 e. The van der Waals surface area contributed by atoms with Crippen molar-refractivity contribution in [3.05, 3.63) is 59.7 Å². The predicted molar refractivity (Wildman–Crippen MR) is 89.2 cm³/mol. The fourth-order valence-corrected chi connectivity index (χ4v) is 2.22. The standard InChI is InChI=1S/C18H19F3N2O/c1-23(2)16-9-6-13(7-10-16)8-11-17(24)22-15-5-3-4-14(12-15)18(19,20)21/h3-7,9-10,12H,8,11H2,1-2H3,(H,22,24). The van der Waals surface area contributed by atoms with Crippen molar-refractivity contribution in [2.45, 2.75) is 19.0 Å². The van der Waals surface area contributed by atoms with Crippen LogP contribution >= 0.6 is 0 Å². The largest absolute Gasteiger partial charge is 0.416 e. The number of anilines is 2. The molecule has 0 radical (unpaired) electrons. The molecule has 2 rings (SSSR count). The number of benzene rings is 2. The minimum Gasteiger partial charge on any atom is -0.378 e. The molecular formula is C18H19F3N2O. The number of carbonyl (C=O) groups is 1. The van der Waals surface area contributed by atoms with Gasteiger partial charge in [0.15, 0.2) is 0 Å². The molecule has 0 aliphatic heterocycles. The highest BCUT2D eigenvalue weighted by Crippen LogP contribution is 2.30. The minimum atomic E-state index is -4.42. The molecule has 2 aromatic rings. The average Bonchev–Trinajstić information content (AvgIpc) is 2.53. The molecule has 0 bridgehead atoms. The van der Waals surface area contributed by atoms with Crippen LogP contribution in [0, 0.1) is 0 Å². The third kappa shape index (κ3) is 5.01. The van der Waals surface area contributed by atoms with Crippen molar-refractivity contribution in [1.82, 2.24) is 0 Å². The Balaban J connectivity index is 1.92. The highest BCUT2D eigenvalue weighted by atomic mass is 19.4. The van der Waals surface area contributed by atoms with Crippen molar-refractivity contribution in [2.75, 3.05) is 24.3 Å². The summed E-state index contributed by atoms with van der Waals surface area (Å²) in [7, 11) is 3.88. The Labute approximate surface area is 139 Å². The fourth-order valence-electron chi connectivity index (χ4n) is 2.22. The first-order valence-corrected chi connectivity index (χ1v) is 7.49. The number of halogens is 3. The van der Waals surface area contributed by atoms with E-state index in [2.05, 4.69) is 5.32 Å². The zero-order chi connectivity index (χ0) is 17.7. The third-order valence-electron chi connectivity index (χ3n) is 3.57. The maximum atomic E-state index is 12.6. The van der Waals surface area contributed by atoms with Gasteiger partial charge in [-0.25, -0.2) is 0 Å². The first-order chi connectivity index (χ1) is 11.3. The van der Waals surface area contributed by atoms with Crippen LogP contribution in [-0.2, 0) is 17.4 Å². The zero-order valence-electron chi connectivity index (χ0n) is 13.5. The molecule has 0 heterocycles. The normalized spacial score (nSPS) is 11.2. The number of carbonyl (C=O) groups excluding carboxylic acids is 1. The van der Waals surface area contributed by atoms with Crippen molar-refractivity contribution >= 4 is 17.3 Å². The van der Waals surface area contributed by atoms with Crippen LogP contribution in [0.15, 0.2) is 48.5 Å². The molecule has 0 saturated carbocycles. The monoisotopic (exact) mass is 336 g/mol. The highest BCUT2D eigenvalue weighted by molar-refractivity contribution is 5.90. The number of nitrogens with one attached hydrogen (secondary N) is 1. The number of hydrogen-bond donors (Lipinski definition) is 1. The molecule has 0 aromatic heterocycles. The number of nitrogens with zero attached hydrogens (tertiary/aromatic N) is 1. The summed E-state index contributed by atoms with van der Waals surface area (Å²) in [5, 5.41) is 2.51. The Bertz CT molecular complexity index is 694. The molecule has 1 N–H and O–H groups in total. The number of alkyl halides is 3. The van der Waals surface area contributed by atoms with Crippen molar-refractivity contribution < 1.29 is 18.0 Å². The Morgan fingerprint density at radius 2 is 1.75 bits per heavy atom. The summed E-state index contributed by atoms with van der Waals surface area (Å²) >= 11 is 0. The van der Waals surface area contributed by atoms with Gasteiger partial charge in [0, 0.05) is 31.9 Å². The Morgan fingerprint density at radius 1 is 1.08 bits per heavy atom. The van der Waals surface area contributed by atoms with Crippen molar-refractivity contribution in [3.8, 4) is 0 Å². The van der Waals surface area contributed by atoms with Gasteiger partial charge in [0.1, 0.15) is 0 Å². The number of amides is 1. The number of rotatable bonds is 5. The molecule has 3 nitrogen and oxygen atoms in total. The summed E-state index contributed by atoms with van der Waals surface area (Å²) < 4.78 is 37.9. The summed E-state index contributed by atoms with van der Waals surface area (Å²) in [5.74, 6) is -0.314. The van der Waals surface area contributed by atoms with E-state index in [0.29, 0.717) is 6.42 Å². The van der Waals surface area contributed by atoms with Crippen molar-refractivity contribution in [1.29, 1.82) is 0 Å². The lowest BCUT2D eigenvalue weighted by molar-refractivity contribution is -0.137. The van der Waals surface area contributed by atoms with Crippen molar-refractivity contribution in [2.24, 2.45) is 0 Å². The van der Waals surface area contributed by atoms with E-state index in [1.54, 1.807) is 0 Å². The molecule has 0 aliphatic carbocycles. The third-order valence-corrected chi connectivity index (χ3v) is 3.57. The maximum Gasteiger partial charge on any atom is 0.416 e. The molecule has 24 heavy (non-hydrogen) atoms. The van der Waals surface area contributed by atoms with E-state index in [1.165, 1.54) is 12.1 Å². The van der Waals surface area contributed by atoms with Crippen LogP contribution in [0.2, 0.25) is 0 Å². The van der Waals surface area contributed by atoms with Crippen LogP contribution in [0.5, 0.6) is 0 Å². The fraction of sp³-hybridized carbons (Fsp3) is 0.278. The van der Waals surface area contributed by atoms with Crippen LogP contribution in [0.25, 0.3) is 0 Å². The first kappa shape index (κ1) is 17.8. The topological polar surface area (TPSA) is 32.3 Å². The molecule has 0 atom stereocenters. The summed E-state index contributed by atoms with van der Waals surface area (Å²) in [5.41, 5.74) is 1.43. The molecule has 0 aliphatic rings. The van der Waals surface area contributed by atoms with Gasteiger partial charge in [-0.3, -0.25) is 4.79 Å². The van der Waals surface area contributed by atoms with Gasteiger partial charge >= 0.3 is 6.18 Å². The molecule has 2 aromatic carbocycles. The molecule has 0 saturated heterocycles. The molecule has 0 spiro atoms. The SMILES string of the molecule is CN(C)c1ccc(CCC(=O)Nc2cccc(C(F)(F)F)c2)cc1. The lowest BCUT2D eigenvalue weighted by atomic mass is 10.1. The van der Waals surface area contributed by atoms with Crippen LogP contribution in [0.1, 0.15) is 17.5 Å². The van der Waals surface area contributed by atoms with E-state index < -0.39 is 11.7 Å². The maximum absolute atomic E-state index is 12.6. The van der Waals surface area contributed by atoms with Gasteiger partial charge in [-0.15, -0.1) is 0 Å². The van der Waals surface area contributed by atoms with E-state index in [4.69, 9.17) is 0 Å². The van der Waals surface area contributed by atoms with Crippen LogP contribution in [0.3, 0.4) is 0 Å². The van der Waals surface area contributed by atoms with Crippen LogP contribution < -0.4 is 10.2 Å². The summed E-state index contributed by atoms with van der Waals surface area (Å²) in [6, 6.07) is 12.4. The number of aryl methyl sites for hydroxylation is 1. The molecule has 1 amide bonds. The van der Waals surface area contributed by atoms with Gasteiger partial charge in [0.25, 0.3) is 0 Å². The minimum absolute atomic E-state index is 0.151. The van der Waals surface area contributed by atoms with Crippen LogP contribution in [0.4, 0.5) is 24.5 Å². The second-order valence-electron chi connectivity index (χ2n) is 5.69. The Hall–Kier alpha value is -2.50. The quantitative estimate of drug-likeness (QED) is 0.881. The molecule has 0 unspecified atom stereocenters. The molecule has 6 heteroatoms. The lowest BCUT2D eigenvalue weighted by Gasteiger charge is -2.12. The molecule has 128 valence electrons. The van der Waals surface area contributed by atoms with Gasteiger partial charge in [-0.1, -0.05) is 18.2 Å². The Morgan fingerprint density at radius 3 is 2.33 bits per heavy atom. The molecular weight excluding hydrogens is 317 g/mol. The van der Waals surface area contributed by atoms with Gasteiger partial charge in [-0.05, 0) is 42.3 Å². The average molecular weight is 336 g/mol. The summed E-state index contributed by atoms with van der Waals surface area (Å²) in [4.78, 5) is 13.9. The van der Waals surface area contributed by atoms with E-state index in [0.717, 1.165) is 23.4 Å². The Kier molecular flexibility index (Phi) is 5.49. The second-order valence-corrected chi connectivity index (χ2v) is 5.69. The first-order valence-electron chi connectivity index (χ1n) is 7.49. The predicted octanol–water partition coefficient (Wildman–Crippen LogP) is 4.34. The van der Waals surface area contributed by atoms with Gasteiger partial charge in [0.2, 0.25) is 5.91 Å². The summed E-state index contributed by atoms with van der Waals surface area (Å²) in [6.07, 6.45) is -3.69. The zero-order valence-corrected chi connectivity index (χ0v) is 13.5. The number of hydrogen-bond acceptors (Lipinski definition) is 2. The lowest BCUT2D eigenvalue weighted by Crippen LogP contribution is -2.13. The van der Waals surface area contributed by atoms with Gasteiger partial charge in [0.05, 0.1) is 5.56 Å². The second kappa shape index (κ2) is 7.38. The van der Waals surface area contributed by atoms with Crippen molar-refractivity contribution in [3.63, 3.8) is 0 Å². The van der Waals surface area contributed by atoms with E-state index >= 15 is 0 Å². The highest BCUT2D eigenvalue weighted by Gasteiger charge is 2.30. The van der Waals surface area contributed by atoms with E-state index in [-0.39, 0.29) is 18.0 Å². The van der Waals surface area contributed by atoms with Crippen LogP contribution in [-0.4, -0.2) is 20.0 Å². The van der Waals surface area contributed by atoms with Gasteiger partial charge in [-0.2, -0.15) is 13.2 Å². The van der Waals surface area contributed by atoms with Gasteiger partial charge < -0.3 is 10.2 Å².